The molecule has 0 atom stereocenters. The average Bonchev–Trinajstić information content (AvgIpc) is 2.74. The molecule has 0 saturated carbocycles. The molecule has 1 N–H and O–H groups in total. The zero-order valence-corrected chi connectivity index (χ0v) is 8.87. The number of nitrogens with zero attached hydrogens (tertiary/aromatic N) is 1. The monoisotopic (exact) mass is 200 g/mol. The Kier molecular flexibility index (Phi) is 2.29. The van der Waals surface area contributed by atoms with Crippen molar-refractivity contribution in [2.24, 2.45) is 10.9 Å². The van der Waals surface area contributed by atoms with Gasteiger partial charge in [-0.3, -0.25) is 4.99 Å². The van der Waals surface area contributed by atoms with Gasteiger partial charge in [0.15, 0.2) is 0 Å². The molecule has 3 rings (SSSR count). The number of piperidine rings is 1. The van der Waals surface area contributed by atoms with Crippen molar-refractivity contribution in [1.29, 1.82) is 0 Å². The van der Waals surface area contributed by atoms with Crippen LogP contribution in [0, 0.1) is 5.92 Å². The minimum Gasteiger partial charge on any atom is -0.317 e. The second kappa shape index (κ2) is 3.78. The summed E-state index contributed by atoms with van der Waals surface area (Å²) in [5, 5.41) is 3.41. The summed E-state index contributed by atoms with van der Waals surface area (Å²) in [6, 6.07) is 8.66. The summed E-state index contributed by atoms with van der Waals surface area (Å²) in [5.74, 6) is 0.690. The summed E-state index contributed by atoms with van der Waals surface area (Å²) >= 11 is 0. The molecular weight excluding hydrogens is 184 g/mol. The molecule has 2 nitrogen and oxygen atoms in total. The van der Waals surface area contributed by atoms with Gasteiger partial charge in [-0.15, -0.1) is 0 Å². The van der Waals surface area contributed by atoms with Gasteiger partial charge in [-0.25, -0.2) is 0 Å². The van der Waals surface area contributed by atoms with Gasteiger partial charge in [0, 0.05) is 17.2 Å². The van der Waals surface area contributed by atoms with Crippen LogP contribution in [-0.2, 0) is 6.54 Å². The maximum atomic E-state index is 4.72. The first kappa shape index (κ1) is 9.10. The van der Waals surface area contributed by atoms with Gasteiger partial charge in [0.05, 0.1) is 6.54 Å². The number of benzene rings is 1. The predicted octanol–water partition coefficient (Wildman–Crippen LogP) is 1.99. The van der Waals surface area contributed by atoms with Crippen LogP contribution in [0.5, 0.6) is 0 Å². The topological polar surface area (TPSA) is 24.4 Å². The highest BCUT2D eigenvalue weighted by Crippen LogP contribution is 2.26. The second-order valence-corrected chi connectivity index (χ2v) is 4.38. The maximum absolute atomic E-state index is 4.72. The molecular formula is C13H16N2. The molecule has 0 amide bonds. The molecule has 0 bridgehead atoms. The number of hydrogen-bond donors (Lipinski definition) is 1. The summed E-state index contributed by atoms with van der Waals surface area (Å²) in [5.41, 5.74) is 4.18. The van der Waals surface area contributed by atoms with Gasteiger partial charge in [0.2, 0.25) is 0 Å². The molecule has 15 heavy (non-hydrogen) atoms. The van der Waals surface area contributed by atoms with Crippen LogP contribution in [0.2, 0.25) is 0 Å². The fourth-order valence-electron chi connectivity index (χ4n) is 2.61. The lowest BCUT2D eigenvalue weighted by molar-refractivity contribution is 0.457. The molecule has 2 heterocycles. The van der Waals surface area contributed by atoms with E-state index in [1.807, 2.05) is 0 Å². The van der Waals surface area contributed by atoms with E-state index < -0.39 is 0 Å². The Balaban J connectivity index is 1.89. The van der Waals surface area contributed by atoms with Crippen molar-refractivity contribution in [3.63, 3.8) is 0 Å². The van der Waals surface area contributed by atoms with Crippen molar-refractivity contribution in [1.82, 2.24) is 5.32 Å². The summed E-state index contributed by atoms with van der Waals surface area (Å²) < 4.78 is 0. The smallest absolute Gasteiger partial charge is 0.0649 e. The van der Waals surface area contributed by atoms with E-state index in [1.54, 1.807) is 0 Å². The van der Waals surface area contributed by atoms with Crippen molar-refractivity contribution >= 4 is 5.71 Å². The van der Waals surface area contributed by atoms with Crippen LogP contribution < -0.4 is 5.32 Å². The minimum atomic E-state index is 0.690. The third-order valence-electron chi connectivity index (χ3n) is 3.44. The lowest BCUT2D eigenvalue weighted by Gasteiger charge is -2.23. The van der Waals surface area contributed by atoms with Crippen molar-refractivity contribution < 1.29 is 0 Å². The molecule has 0 unspecified atom stereocenters. The SMILES string of the molecule is c1ccc2c(c1)CN=C2C1CCNCC1. The Morgan fingerprint density at radius 2 is 1.93 bits per heavy atom. The lowest BCUT2D eigenvalue weighted by Crippen LogP contribution is -2.31. The Bertz CT molecular complexity index is 389. The second-order valence-electron chi connectivity index (χ2n) is 4.38. The van der Waals surface area contributed by atoms with Gasteiger partial charge in [0.25, 0.3) is 0 Å². The molecule has 78 valence electrons. The molecule has 2 heteroatoms. The summed E-state index contributed by atoms with van der Waals surface area (Å²) in [6.45, 7) is 3.19. The molecule has 0 aromatic heterocycles. The predicted molar refractivity (Wildman–Crippen MR) is 62.3 cm³/mol. The van der Waals surface area contributed by atoms with Gasteiger partial charge in [-0.1, -0.05) is 24.3 Å². The summed E-state index contributed by atoms with van der Waals surface area (Å²) in [7, 11) is 0. The Morgan fingerprint density at radius 1 is 1.13 bits per heavy atom. The third-order valence-corrected chi connectivity index (χ3v) is 3.44. The Labute approximate surface area is 90.4 Å². The first-order valence-corrected chi connectivity index (χ1v) is 5.78. The quantitative estimate of drug-likeness (QED) is 0.736. The highest BCUT2D eigenvalue weighted by molar-refractivity contribution is 6.05. The number of rotatable bonds is 1. The molecule has 2 aliphatic heterocycles. The van der Waals surface area contributed by atoms with Crippen LogP contribution in [0.3, 0.4) is 0 Å². The van der Waals surface area contributed by atoms with Gasteiger partial charge < -0.3 is 5.32 Å². The van der Waals surface area contributed by atoms with Crippen LogP contribution in [0.1, 0.15) is 24.0 Å². The molecule has 2 aliphatic rings. The van der Waals surface area contributed by atoms with Crippen LogP contribution in [0.15, 0.2) is 29.3 Å². The number of hydrogen-bond acceptors (Lipinski definition) is 2. The zero-order valence-electron chi connectivity index (χ0n) is 8.87. The van der Waals surface area contributed by atoms with Gasteiger partial charge in [0.1, 0.15) is 0 Å². The van der Waals surface area contributed by atoms with E-state index in [1.165, 1.54) is 29.7 Å². The van der Waals surface area contributed by atoms with Crippen molar-refractivity contribution in [2.75, 3.05) is 13.1 Å². The standard InChI is InChI=1S/C13H16N2/c1-2-4-12-11(3-1)9-15-13(12)10-5-7-14-8-6-10/h1-4,10,14H,5-9H2. The van der Waals surface area contributed by atoms with Crippen LogP contribution in [0.25, 0.3) is 0 Å². The molecule has 1 saturated heterocycles. The number of fused-ring (bicyclic) bond motifs is 1. The van der Waals surface area contributed by atoms with E-state index in [0.717, 1.165) is 19.6 Å². The molecule has 1 fully saturated rings. The number of aliphatic imine (C=N–C) groups is 1. The van der Waals surface area contributed by atoms with E-state index in [9.17, 15) is 0 Å². The van der Waals surface area contributed by atoms with E-state index in [4.69, 9.17) is 4.99 Å². The van der Waals surface area contributed by atoms with E-state index in [0.29, 0.717) is 5.92 Å². The van der Waals surface area contributed by atoms with Crippen molar-refractivity contribution in [3.05, 3.63) is 35.4 Å². The minimum absolute atomic E-state index is 0.690. The normalized spacial score (nSPS) is 21.2. The summed E-state index contributed by atoms with van der Waals surface area (Å²) in [6.07, 6.45) is 2.49. The van der Waals surface area contributed by atoms with Crippen LogP contribution >= 0.6 is 0 Å². The van der Waals surface area contributed by atoms with E-state index >= 15 is 0 Å². The lowest BCUT2D eigenvalue weighted by atomic mass is 9.88. The maximum Gasteiger partial charge on any atom is 0.0649 e. The van der Waals surface area contributed by atoms with Crippen LogP contribution in [0.4, 0.5) is 0 Å². The summed E-state index contributed by atoms with van der Waals surface area (Å²) in [4.78, 5) is 4.72. The number of nitrogens with one attached hydrogen (secondary N) is 1. The van der Waals surface area contributed by atoms with Crippen molar-refractivity contribution in [2.45, 2.75) is 19.4 Å². The van der Waals surface area contributed by atoms with Gasteiger partial charge in [-0.2, -0.15) is 0 Å². The zero-order chi connectivity index (χ0) is 10.1. The highest BCUT2D eigenvalue weighted by Gasteiger charge is 2.24. The van der Waals surface area contributed by atoms with Gasteiger partial charge >= 0.3 is 0 Å². The van der Waals surface area contributed by atoms with Crippen molar-refractivity contribution in [3.8, 4) is 0 Å². The third kappa shape index (κ3) is 1.59. The van der Waals surface area contributed by atoms with Crippen LogP contribution in [-0.4, -0.2) is 18.8 Å². The molecule has 0 aliphatic carbocycles. The fourth-order valence-corrected chi connectivity index (χ4v) is 2.61. The Hall–Kier alpha value is -1.15. The van der Waals surface area contributed by atoms with E-state index in [2.05, 4.69) is 29.6 Å². The average molecular weight is 200 g/mol. The Morgan fingerprint density at radius 3 is 2.80 bits per heavy atom. The first-order valence-electron chi connectivity index (χ1n) is 5.78. The fraction of sp³-hybridized carbons (Fsp3) is 0.462. The molecule has 1 aromatic rings. The largest absolute Gasteiger partial charge is 0.317 e. The van der Waals surface area contributed by atoms with E-state index in [-0.39, 0.29) is 0 Å². The molecule has 0 spiro atoms. The van der Waals surface area contributed by atoms with Gasteiger partial charge in [-0.05, 0) is 31.5 Å². The highest BCUT2D eigenvalue weighted by atomic mass is 14.9. The molecule has 0 radical (unpaired) electrons. The first-order chi connectivity index (χ1) is 7.45. The molecule has 1 aromatic carbocycles.